The zero-order valence-corrected chi connectivity index (χ0v) is 14.8. The van der Waals surface area contributed by atoms with Crippen molar-refractivity contribution in [2.45, 2.75) is 69.1 Å². The fourth-order valence-corrected chi connectivity index (χ4v) is 4.56. The minimum Gasteiger partial charge on any atom is -0.369 e. The van der Waals surface area contributed by atoms with E-state index < -0.39 is 5.41 Å². The molecule has 25 heavy (non-hydrogen) atoms. The molecule has 0 atom stereocenters. The fraction of sp³-hybridized carbons (Fsp3) is 0.550. The Morgan fingerprint density at radius 3 is 2.56 bits per heavy atom. The van der Waals surface area contributed by atoms with Crippen molar-refractivity contribution in [3.8, 4) is 11.1 Å². The normalized spacial score (nSPS) is 21.5. The lowest BCUT2D eigenvalue weighted by Crippen LogP contribution is -2.43. The molecule has 2 aliphatic carbocycles. The summed E-state index contributed by atoms with van der Waals surface area (Å²) < 4.78 is 0. The molecule has 2 heterocycles. The molecule has 2 aromatic rings. The molecule has 132 valence electrons. The van der Waals surface area contributed by atoms with E-state index in [2.05, 4.69) is 28.2 Å². The van der Waals surface area contributed by atoms with Gasteiger partial charge in [-0.15, -0.1) is 0 Å². The molecule has 5 heteroatoms. The Kier molecular flexibility index (Phi) is 3.89. The number of nitrogens with one attached hydrogen (secondary N) is 1. The molecule has 2 aliphatic rings. The van der Waals surface area contributed by atoms with Gasteiger partial charge in [0.15, 0.2) is 0 Å². The first-order chi connectivity index (χ1) is 12.1. The van der Waals surface area contributed by atoms with Crippen molar-refractivity contribution in [2.75, 3.05) is 0 Å². The van der Waals surface area contributed by atoms with Gasteiger partial charge in [0.25, 0.3) is 0 Å². The number of nitrogens with zero attached hydrogens (tertiary/aromatic N) is 2. The SMILES string of the molecule is CC1(c2n[nH]cc2-c2ccnc(C3(C(N)=O)CCCCC3)c2)CCC1. The van der Waals surface area contributed by atoms with Crippen LogP contribution in [0.4, 0.5) is 0 Å². The molecule has 0 unspecified atom stereocenters. The summed E-state index contributed by atoms with van der Waals surface area (Å²) in [6.07, 6.45) is 12.2. The highest BCUT2D eigenvalue weighted by Crippen LogP contribution is 2.46. The molecule has 0 saturated heterocycles. The third-order valence-corrected chi connectivity index (χ3v) is 6.41. The lowest BCUT2D eigenvalue weighted by atomic mass is 9.67. The second-order valence-electron chi connectivity index (χ2n) is 8.00. The molecule has 5 nitrogen and oxygen atoms in total. The number of hydrogen-bond acceptors (Lipinski definition) is 3. The maximum absolute atomic E-state index is 12.3. The first kappa shape index (κ1) is 16.3. The van der Waals surface area contributed by atoms with Gasteiger partial charge in [0, 0.05) is 23.4 Å². The molecule has 4 rings (SSSR count). The van der Waals surface area contributed by atoms with Crippen LogP contribution in [0.15, 0.2) is 24.5 Å². The lowest BCUT2D eigenvalue weighted by molar-refractivity contribution is -0.124. The second-order valence-corrected chi connectivity index (χ2v) is 8.00. The number of amides is 1. The van der Waals surface area contributed by atoms with Crippen molar-refractivity contribution in [3.05, 3.63) is 35.9 Å². The fourth-order valence-electron chi connectivity index (χ4n) is 4.56. The summed E-state index contributed by atoms with van der Waals surface area (Å²) in [6.45, 7) is 2.28. The van der Waals surface area contributed by atoms with E-state index in [4.69, 9.17) is 5.73 Å². The first-order valence-electron chi connectivity index (χ1n) is 9.36. The summed E-state index contributed by atoms with van der Waals surface area (Å²) >= 11 is 0. The lowest BCUT2D eigenvalue weighted by Gasteiger charge is -2.37. The average molecular weight is 338 g/mol. The van der Waals surface area contributed by atoms with Gasteiger partial charge in [-0.3, -0.25) is 14.9 Å². The average Bonchev–Trinajstić information content (AvgIpc) is 3.10. The topological polar surface area (TPSA) is 84.7 Å². The highest BCUT2D eigenvalue weighted by molar-refractivity contribution is 5.86. The van der Waals surface area contributed by atoms with E-state index in [1.165, 1.54) is 25.7 Å². The number of nitrogens with two attached hydrogens (primary N) is 1. The van der Waals surface area contributed by atoms with E-state index in [0.717, 1.165) is 48.2 Å². The van der Waals surface area contributed by atoms with Gasteiger partial charge < -0.3 is 5.73 Å². The first-order valence-corrected chi connectivity index (χ1v) is 9.36. The van der Waals surface area contributed by atoms with Crippen molar-refractivity contribution < 1.29 is 4.79 Å². The monoisotopic (exact) mass is 338 g/mol. The van der Waals surface area contributed by atoms with Crippen LogP contribution in [0, 0.1) is 0 Å². The molecule has 0 spiro atoms. The van der Waals surface area contributed by atoms with E-state index in [1.54, 1.807) is 0 Å². The number of hydrogen-bond donors (Lipinski definition) is 2. The minimum absolute atomic E-state index is 0.158. The molecule has 1 amide bonds. The molecule has 0 aliphatic heterocycles. The van der Waals surface area contributed by atoms with Gasteiger partial charge in [-0.25, -0.2) is 0 Å². The van der Waals surface area contributed by atoms with E-state index in [-0.39, 0.29) is 11.3 Å². The molecule has 2 fully saturated rings. The molecule has 3 N–H and O–H groups in total. The number of rotatable bonds is 4. The number of H-pyrrole nitrogens is 1. The number of aromatic amines is 1. The zero-order chi connectivity index (χ0) is 17.5. The van der Waals surface area contributed by atoms with Crippen LogP contribution < -0.4 is 5.73 Å². The zero-order valence-electron chi connectivity index (χ0n) is 14.8. The van der Waals surface area contributed by atoms with Gasteiger partial charge in [-0.2, -0.15) is 5.10 Å². The minimum atomic E-state index is -0.613. The Bertz CT molecular complexity index is 784. The molecule has 0 bridgehead atoms. The summed E-state index contributed by atoms with van der Waals surface area (Å²) in [5, 5.41) is 7.58. The third kappa shape index (κ3) is 2.57. The van der Waals surface area contributed by atoms with Crippen molar-refractivity contribution in [2.24, 2.45) is 5.73 Å². The molecule has 0 aromatic carbocycles. The summed E-state index contributed by atoms with van der Waals surface area (Å²) in [6, 6.07) is 4.07. The van der Waals surface area contributed by atoms with Gasteiger partial charge >= 0.3 is 0 Å². The maximum atomic E-state index is 12.3. The summed E-state index contributed by atoms with van der Waals surface area (Å²) in [4.78, 5) is 16.9. The van der Waals surface area contributed by atoms with Crippen LogP contribution in [-0.2, 0) is 15.6 Å². The highest BCUT2D eigenvalue weighted by Gasteiger charge is 2.41. The van der Waals surface area contributed by atoms with Crippen LogP contribution >= 0.6 is 0 Å². The van der Waals surface area contributed by atoms with Crippen LogP contribution in [0.3, 0.4) is 0 Å². The van der Waals surface area contributed by atoms with E-state index in [9.17, 15) is 4.79 Å². The Balaban J connectivity index is 1.76. The number of aromatic nitrogens is 3. The maximum Gasteiger partial charge on any atom is 0.229 e. The predicted octanol–water partition coefficient (Wildman–Crippen LogP) is 3.60. The van der Waals surface area contributed by atoms with Crippen molar-refractivity contribution >= 4 is 5.91 Å². The van der Waals surface area contributed by atoms with E-state index >= 15 is 0 Å². The Labute approximate surface area is 148 Å². The summed E-state index contributed by atoms with van der Waals surface area (Å²) in [5.74, 6) is -0.241. The summed E-state index contributed by atoms with van der Waals surface area (Å²) in [7, 11) is 0. The molecule has 2 aromatic heterocycles. The van der Waals surface area contributed by atoms with Gasteiger partial charge in [-0.1, -0.05) is 32.6 Å². The van der Waals surface area contributed by atoms with Crippen molar-refractivity contribution in [1.82, 2.24) is 15.2 Å². The van der Waals surface area contributed by atoms with Crippen molar-refractivity contribution in [1.29, 1.82) is 0 Å². The van der Waals surface area contributed by atoms with Gasteiger partial charge in [0.1, 0.15) is 0 Å². The summed E-state index contributed by atoms with van der Waals surface area (Å²) in [5.41, 5.74) is 9.54. The van der Waals surface area contributed by atoms with Crippen LogP contribution in [-0.4, -0.2) is 21.1 Å². The molecular formula is C20H26N4O. The predicted molar refractivity (Wildman–Crippen MR) is 97.0 cm³/mol. The molecule has 0 radical (unpaired) electrons. The van der Waals surface area contributed by atoms with Crippen LogP contribution in [0.5, 0.6) is 0 Å². The molecule has 2 saturated carbocycles. The van der Waals surface area contributed by atoms with E-state index in [1.807, 2.05) is 18.5 Å². The third-order valence-electron chi connectivity index (χ3n) is 6.41. The highest BCUT2D eigenvalue weighted by atomic mass is 16.1. The molecular weight excluding hydrogens is 312 g/mol. The van der Waals surface area contributed by atoms with Crippen molar-refractivity contribution in [3.63, 3.8) is 0 Å². The number of carbonyl (C=O) groups excluding carboxylic acids is 1. The number of carbonyl (C=O) groups is 1. The van der Waals surface area contributed by atoms with Gasteiger partial charge in [0.05, 0.1) is 16.8 Å². The smallest absolute Gasteiger partial charge is 0.229 e. The van der Waals surface area contributed by atoms with E-state index in [0.29, 0.717) is 0 Å². The van der Waals surface area contributed by atoms with Gasteiger partial charge in [0.2, 0.25) is 5.91 Å². The van der Waals surface area contributed by atoms with Gasteiger partial charge in [-0.05, 0) is 43.4 Å². The number of pyridine rings is 1. The number of primary amides is 1. The second kappa shape index (κ2) is 5.97. The largest absolute Gasteiger partial charge is 0.369 e. The van der Waals surface area contributed by atoms with Crippen LogP contribution in [0.1, 0.15) is 69.7 Å². The Morgan fingerprint density at radius 1 is 1.16 bits per heavy atom. The Hall–Kier alpha value is -2.17. The standard InChI is InChI=1S/C20H26N4O/c1-19(7-5-8-19)17-15(13-23-24-17)14-6-11-22-16(12-14)20(18(21)25)9-3-2-4-10-20/h6,11-13H,2-5,7-10H2,1H3,(H2,21,25)(H,23,24). The Morgan fingerprint density at radius 2 is 1.92 bits per heavy atom. The quantitative estimate of drug-likeness (QED) is 0.893. The van der Waals surface area contributed by atoms with Crippen LogP contribution in [0.25, 0.3) is 11.1 Å². The van der Waals surface area contributed by atoms with Crippen LogP contribution in [0.2, 0.25) is 0 Å².